The average Bonchev–Trinajstić information content (AvgIpc) is 2.81. The third-order valence-corrected chi connectivity index (χ3v) is 5.57. The predicted octanol–water partition coefficient (Wildman–Crippen LogP) is 3.62. The van der Waals surface area contributed by atoms with Crippen molar-refractivity contribution in [3.8, 4) is 11.5 Å². The van der Waals surface area contributed by atoms with E-state index in [9.17, 15) is 9.59 Å². The van der Waals surface area contributed by atoms with Crippen molar-refractivity contribution in [2.24, 2.45) is 5.92 Å². The SMILES string of the molecule is CC(C)CNC(=O)[C@H](C)N(CCc1ccccc1)C(=O)CCc1ccc2c(c1)OCCO2. The van der Waals surface area contributed by atoms with Crippen molar-refractivity contribution in [1.29, 1.82) is 0 Å². The summed E-state index contributed by atoms with van der Waals surface area (Å²) >= 11 is 0. The maximum Gasteiger partial charge on any atom is 0.242 e. The molecule has 6 nitrogen and oxygen atoms in total. The Balaban J connectivity index is 1.65. The summed E-state index contributed by atoms with van der Waals surface area (Å²) in [5.74, 6) is 1.69. The van der Waals surface area contributed by atoms with Crippen LogP contribution in [0.15, 0.2) is 48.5 Å². The lowest BCUT2D eigenvalue weighted by molar-refractivity contribution is -0.139. The van der Waals surface area contributed by atoms with Crippen LogP contribution in [0.25, 0.3) is 0 Å². The van der Waals surface area contributed by atoms with E-state index >= 15 is 0 Å². The van der Waals surface area contributed by atoms with Crippen LogP contribution in [0.2, 0.25) is 0 Å². The Morgan fingerprint density at radius 2 is 1.66 bits per heavy atom. The minimum Gasteiger partial charge on any atom is -0.486 e. The number of hydrogen-bond acceptors (Lipinski definition) is 4. The molecule has 1 aliphatic rings. The van der Waals surface area contributed by atoms with Crippen LogP contribution in [0.4, 0.5) is 0 Å². The molecule has 0 saturated heterocycles. The summed E-state index contributed by atoms with van der Waals surface area (Å²) in [4.78, 5) is 27.6. The van der Waals surface area contributed by atoms with Gasteiger partial charge in [-0.3, -0.25) is 9.59 Å². The first-order valence-electron chi connectivity index (χ1n) is 11.4. The molecule has 0 aliphatic carbocycles. The number of nitrogens with one attached hydrogen (secondary N) is 1. The summed E-state index contributed by atoms with van der Waals surface area (Å²) in [6.07, 6.45) is 1.62. The van der Waals surface area contributed by atoms with Crippen LogP contribution >= 0.6 is 0 Å². The zero-order chi connectivity index (χ0) is 22.9. The lowest BCUT2D eigenvalue weighted by Crippen LogP contribution is -2.49. The second-order valence-corrected chi connectivity index (χ2v) is 8.62. The van der Waals surface area contributed by atoms with Gasteiger partial charge in [0.15, 0.2) is 11.5 Å². The summed E-state index contributed by atoms with van der Waals surface area (Å²) < 4.78 is 11.2. The molecule has 0 fully saturated rings. The number of amides is 2. The third kappa shape index (κ3) is 6.74. The molecule has 3 rings (SSSR count). The molecule has 2 aromatic rings. The molecule has 6 heteroatoms. The fraction of sp³-hybridized carbons (Fsp3) is 0.462. The standard InChI is InChI=1S/C26H34N2O4/c1-19(2)18-27-26(30)20(3)28(14-13-21-7-5-4-6-8-21)25(29)12-10-22-9-11-23-24(17-22)32-16-15-31-23/h4-9,11,17,19-20H,10,12-16,18H2,1-3H3,(H,27,30)/t20-/m0/s1. The van der Waals surface area contributed by atoms with Crippen molar-refractivity contribution in [3.05, 3.63) is 59.7 Å². The summed E-state index contributed by atoms with van der Waals surface area (Å²) in [5, 5.41) is 2.96. The Labute approximate surface area is 190 Å². The van der Waals surface area contributed by atoms with E-state index in [0.717, 1.165) is 22.6 Å². The Bertz CT molecular complexity index is 898. The van der Waals surface area contributed by atoms with Gasteiger partial charge in [-0.1, -0.05) is 50.2 Å². The van der Waals surface area contributed by atoms with Crippen LogP contribution in [0.1, 0.15) is 38.3 Å². The van der Waals surface area contributed by atoms with Crippen LogP contribution < -0.4 is 14.8 Å². The Morgan fingerprint density at radius 1 is 0.938 bits per heavy atom. The van der Waals surface area contributed by atoms with E-state index in [1.807, 2.05) is 55.5 Å². The maximum atomic E-state index is 13.2. The van der Waals surface area contributed by atoms with Crippen molar-refractivity contribution in [2.45, 2.75) is 46.1 Å². The molecule has 2 amide bonds. The van der Waals surface area contributed by atoms with E-state index in [0.29, 0.717) is 51.5 Å². The Morgan fingerprint density at radius 3 is 2.38 bits per heavy atom. The van der Waals surface area contributed by atoms with E-state index in [1.165, 1.54) is 0 Å². The fourth-order valence-electron chi connectivity index (χ4n) is 3.66. The summed E-state index contributed by atoms with van der Waals surface area (Å²) in [7, 11) is 0. The highest BCUT2D eigenvalue weighted by molar-refractivity contribution is 5.87. The van der Waals surface area contributed by atoms with Crippen LogP contribution in [0.3, 0.4) is 0 Å². The molecule has 0 spiro atoms. The lowest BCUT2D eigenvalue weighted by atomic mass is 10.1. The van der Waals surface area contributed by atoms with Gasteiger partial charge in [0.1, 0.15) is 19.3 Å². The van der Waals surface area contributed by atoms with Crippen LogP contribution in [0, 0.1) is 5.92 Å². The molecular formula is C26H34N2O4. The molecule has 0 aromatic heterocycles. The van der Waals surface area contributed by atoms with Gasteiger partial charge in [-0.25, -0.2) is 0 Å². The van der Waals surface area contributed by atoms with E-state index in [2.05, 4.69) is 19.2 Å². The summed E-state index contributed by atoms with van der Waals surface area (Å²) in [6.45, 7) is 8.10. The molecule has 1 aliphatic heterocycles. The highest BCUT2D eigenvalue weighted by Gasteiger charge is 2.25. The van der Waals surface area contributed by atoms with E-state index in [4.69, 9.17) is 9.47 Å². The summed E-state index contributed by atoms with van der Waals surface area (Å²) in [6, 6.07) is 15.3. The number of hydrogen-bond donors (Lipinski definition) is 1. The van der Waals surface area contributed by atoms with E-state index in [-0.39, 0.29) is 11.8 Å². The van der Waals surface area contributed by atoms with Gasteiger partial charge in [0.2, 0.25) is 11.8 Å². The lowest BCUT2D eigenvalue weighted by Gasteiger charge is -2.29. The molecule has 172 valence electrons. The highest BCUT2D eigenvalue weighted by Crippen LogP contribution is 2.31. The van der Waals surface area contributed by atoms with Crippen LogP contribution in [0.5, 0.6) is 11.5 Å². The molecule has 0 saturated carbocycles. The number of rotatable bonds is 10. The van der Waals surface area contributed by atoms with Crippen molar-refractivity contribution < 1.29 is 19.1 Å². The number of ether oxygens (including phenoxy) is 2. The monoisotopic (exact) mass is 438 g/mol. The third-order valence-electron chi connectivity index (χ3n) is 5.57. The van der Waals surface area contributed by atoms with Gasteiger partial charge in [0, 0.05) is 19.5 Å². The van der Waals surface area contributed by atoms with Gasteiger partial charge in [0.25, 0.3) is 0 Å². The van der Waals surface area contributed by atoms with Crippen LogP contribution in [-0.4, -0.2) is 49.1 Å². The first-order chi connectivity index (χ1) is 15.4. The molecule has 0 radical (unpaired) electrons. The first-order valence-corrected chi connectivity index (χ1v) is 11.4. The second-order valence-electron chi connectivity index (χ2n) is 8.62. The van der Waals surface area contributed by atoms with E-state index in [1.54, 1.807) is 4.90 Å². The maximum absolute atomic E-state index is 13.2. The van der Waals surface area contributed by atoms with Gasteiger partial charge in [-0.2, -0.15) is 0 Å². The van der Waals surface area contributed by atoms with Crippen molar-refractivity contribution in [1.82, 2.24) is 10.2 Å². The Hall–Kier alpha value is -3.02. The zero-order valence-electron chi connectivity index (χ0n) is 19.3. The average molecular weight is 439 g/mol. The topological polar surface area (TPSA) is 67.9 Å². The molecule has 0 bridgehead atoms. The molecular weight excluding hydrogens is 404 g/mol. The molecule has 1 heterocycles. The fourth-order valence-corrected chi connectivity index (χ4v) is 3.66. The van der Waals surface area contributed by atoms with Gasteiger partial charge < -0.3 is 19.7 Å². The Kier molecular flexibility index (Phi) is 8.54. The number of aryl methyl sites for hydroxylation is 1. The van der Waals surface area contributed by atoms with Crippen molar-refractivity contribution >= 4 is 11.8 Å². The predicted molar refractivity (Wildman–Crippen MR) is 125 cm³/mol. The van der Waals surface area contributed by atoms with E-state index < -0.39 is 6.04 Å². The molecule has 0 unspecified atom stereocenters. The molecule has 32 heavy (non-hydrogen) atoms. The molecule has 1 N–H and O–H groups in total. The summed E-state index contributed by atoms with van der Waals surface area (Å²) in [5.41, 5.74) is 2.16. The smallest absolute Gasteiger partial charge is 0.242 e. The normalized spacial score (nSPS) is 13.5. The first kappa shape index (κ1) is 23.6. The highest BCUT2D eigenvalue weighted by atomic mass is 16.6. The van der Waals surface area contributed by atoms with Crippen LogP contribution in [-0.2, 0) is 22.4 Å². The number of benzene rings is 2. The second kappa shape index (κ2) is 11.6. The van der Waals surface area contributed by atoms with Gasteiger partial charge in [-0.05, 0) is 48.9 Å². The zero-order valence-corrected chi connectivity index (χ0v) is 19.3. The van der Waals surface area contributed by atoms with Gasteiger partial charge in [0.05, 0.1) is 0 Å². The molecule has 2 aromatic carbocycles. The number of fused-ring (bicyclic) bond motifs is 1. The largest absolute Gasteiger partial charge is 0.486 e. The number of carbonyl (C=O) groups is 2. The van der Waals surface area contributed by atoms with Gasteiger partial charge >= 0.3 is 0 Å². The van der Waals surface area contributed by atoms with Crippen molar-refractivity contribution in [3.63, 3.8) is 0 Å². The minimum absolute atomic E-state index is 0.0250. The van der Waals surface area contributed by atoms with Crippen molar-refractivity contribution in [2.75, 3.05) is 26.3 Å². The number of nitrogens with zero attached hydrogens (tertiary/aromatic N) is 1. The minimum atomic E-state index is -0.523. The number of carbonyl (C=O) groups excluding carboxylic acids is 2. The quantitative estimate of drug-likeness (QED) is 0.615. The van der Waals surface area contributed by atoms with Gasteiger partial charge in [-0.15, -0.1) is 0 Å². The molecule has 1 atom stereocenters.